The van der Waals surface area contributed by atoms with Crippen molar-refractivity contribution >= 4 is 11.4 Å². The molecule has 2 aromatic carbocycles. The minimum Gasteiger partial charge on any atom is -0.497 e. The largest absolute Gasteiger partial charge is 0.497 e. The van der Waals surface area contributed by atoms with Gasteiger partial charge < -0.3 is 10.1 Å². The van der Waals surface area contributed by atoms with Gasteiger partial charge in [0.25, 0.3) is 0 Å². The van der Waals surface area contributed by atoms with Crippen molar-refractivity contribution in [3.05, 3.63) is 54.1 Å². The Kier molecular flexibility index (Phi) is 3.64. The van der Waals surface area contributed by atoms with Crippen molar-refractivity contribution in [2.24, 2.45) is 0 Å². The normalized spacial score (nSPS) is 11.2. The lowest BCUT2D eigenvalue weighted by molar-refractivity contribution is -0.136. The third-order valence-electron chi connectivity index (χ3n) is 2.58. The highest BCUT2D eigenvalue weighted by atomic mass is 19.4. The molecule has 0 unspecified atom stereocenters. The first-order valence-electron chi connectivity index (χ1n) is 5.58. The molecule has 2 aromatic rings. The van der Waals surface area contributed by atoms with Crippen molar-refractivity contribution in [1.82, 2.24) is 0 Å². The summed E-state index contributed by atoms with van der Waals surface area (Å²) in [6.45, 7) is 0. The van der Waals surface area contributed by atoms with Crippen molar-refractivity contribution in [3.8, 4) is 5.75 Å². The highest BCUT2D eigenvalue weighted by Gasteiger charge is 2.33. The van der Waals surface area contributed by atoms with Crippen LogP contribution in [0.4, 0.5) is 24.5 Å². The Labute approximate surface area is 108 Å². The molecular weight excluding hydrogens is 255 g/mol. The first-order chi connectivity index (χ1) is 9.00. The Bertz CT molecular complexity index is 567. The van der Waals surface area contributed by atoms with Crippen molar-refractivity contribution in [3.63, 3.8) is 0 Å². The summed E-state index contributed by atoms with van der Waals surface area (Å²) >= 11 is 0. The van der Waals surface area contributed by atoms with Crippen LogP contribution in [0.3, 0.4) is 0 Å². The zero-order chi connectivity index (χ0) is 13.9. The van der Waals surface area contributed by atoms with Gasteiger partial charge in [0.2, 0.25) is 0 Å². The van der Waals surface area contributed by atoms with E-state index in [2.05, 4.69) is 5.32 Å². The standard InChI is InChI=1S/C14H12F3NO/c1-19-11-6-4-5-10(9-11)18-13-8-3-2-7-12(13)14(15,16)17/h2-9,18H,1H3. The molecule has 0 bridgehead atoms. The molecule has 2 rings (SSSR count). The molecular formula is C14H12F3NO. The Hall–Kier alpha value is -2.17. The molecule has 0 aliphatic carbocycles. The number of alkyl halides is 3. The molecule has 0 spiro atoms. The minimum absolute atomic E-state index is 0.0169. The van der Waals surface area contributed by atoms with Crippen molar-refractivity contribution in [2.75, 3.05) is 12.4 Å². The SMILES string of the molecule is COc1cccc(Nc2ccccc2C(F)(F)F)c1. The smallest absolute Gasteiger partial charge is 0.418 e. The molecule has 19 heavy (non-hydrogen) atoms. The molecule has 0 aliphatic rings. The summed E-state index contributed by atoms with van der Waals surface area (Å²) in [6, 6.07) is 12.1. The number of ether oxygens (including phenoxy) is 1. The number of para-hydroxylation sites is 1. The van der Waals surface area contributed by atoms with Crippen molar-refractivity contribution in [1.29, 1.82) is 0 Å². The second-order valence-corrected chi connectivity index (χ2v) is 3.90. The Morgan fingerprint density at radius 1 is 1.00 bits per heavy atom. The lowest BCUT2D eigenvalue weighted by Gasteiger charge is -2.14. The van der Waals surface area contributed by atoms with E-state index in [1.54, 1.807) is 30.3 Å². The summed E-state index contributed by atoms with van der Waals surface area (Å²) in [5.41, 5.74) is -0.142. The Morgan fingerprint density at radius 3 is 2.42 bits per heavy atom. The lowest BCUT2D eigenvalue weighted by Crippen LogP contribution is -2.08. The van der Waals surface area contributed by atoms with Crippen LogP contribution in [0.25, 0.3) is 0 Å². The first-order valence-corrected chi connectivity index (χ1v) is 5.58. The quantitative estimate of drug-likeness (QED) is 0.886. The molecule has 2 nitrogen and oxygen atoms in total. The average molecular weight is 267 g/mol. The van der Waals surface area contributed by atoms with Crippen LogP contribution in [-0.4, -0.2) is 7.11 Å². The topological polar surface area (TPSA) is 21.3 Å². The molecule has 0 saturated heterocycles. The summed E-state index contributed by atoms with van der Waals surface area (Å²) in [5, 5.41) is 2.75. The van der Waals surface area contributed by atoms with E-state index in [1.165, 1.54) is 19.2 Å². The van der Waals surface area contributed by atoms with Crippen LogP contribution in [0, 0.1) is 0 Å². The van der Waals surface area contributed by atoms with Crippen molar-refractivity contribution < 1.29 is 17.9 Å². The second-order valence-electron chi connectivity index (χ2n) is 3.90. The fourth-order valence-corrected chi connectivity index (χ4v) is 1.70. The number of halogens is 3. The van der Waals surface area contributed by atoms with Gasteiger partial charge in [-0.2, -0.15) is 13.2 Å². The summed E-state index contributed by atoms with van der Waals surface area (Å²) in [5.74, 6) is 0.578. The van der Waals surface area contributed by atoms with Crippen LogP contribution < -0.4 is 10.1 Å². The maximum atomic E-state index is 12.8. The van der Waals surface area contributed by atoms with E-state index >= 15 is 0 Å². The predicted molar refractivity (Wildman–Crippen MR) is 67.7 cm³/mol. The van der Waals surface area contributed by atoms with Gasteiger partial charge in [-0.25, -0.2) is 0 Å². The van der Waals surface area contributed by atoms with E-state index in [0.29, 0.717) is 11.4 Å². The summed E-state index contributed by atoms with van der Waals surface area (Å²) in [6.07, 6.45) is -4.39. The molecule has 5 heteroatoms. The Morgan fingerprint density at radius 2 is 1.74 bits per heavy atom. The van der Waals surface area contributed by atoms with Gasteiger partial charge in [-0.05, 0) is 24.3 Å². The first kappa shape index (κ1) is 13.3. The van der Waals surface area contributed by atoms with E-state index in [4.69, 9.17) is 4.74 Å². The third kappa shape index (κ3) is 3.19. The fraction of sp³-hybridized carbons (Fsp3) is 0.143. The molecule has 0 atom stereocenters. The van der Waals surface area contributed by atoms with Gasteiger partial charge in [-0.1, -0.05) is 18.2 Å². The number of anilines is 2. The van der Waals surface area contributed by atoms with Gasteiger partial charge in [0, 0.05) is 11.8 Å². The zero-order valence-electron chi connectivity index (χ0n) is 10.2. The molecule has 1 N–H and O–H groups in total. The van der Waals surface area contributed by atoms with Crippen LogP contribution >= 0.6 is 0 Å². The van der Waals surface area contributed by atoms with Gasteiger partial charge in [0.1, 0.15) is 5.75 Å². The fourth-order valence-electron chi connectivity index (χ4n) is 1.70. The van der Waals surface area contributed by atoms with Crippen LogP contribution in [0.2, 0.25) is 0 Å². The van der Waals surface area contributed by atoms with Gasteiger partial charge in [0.05, 0.1) is 18.4 Å². The molecule has 0 saturated carbocycles. The molecule has 0 fully saturated rings. The maximum absolute atomic E-state index is 12.8. The van der Waals surface area contributed by atoms with E-state index in [9.17, 15) is 13.2 Å². The molecule has 0 aromatic heterocycles. The van der Waals surface area contributed by atoms with E-state index in [1.807, 2.05) is 0 Å². The average Bonchev–Trinajstić information content (AvgIpc) is 2.38. The van der Waals surface area contributed by atoms with E-state index in [-0.39, 0.29) is 5.69 Å². The molecule has 0 heterocycles. The van der Waals surface area contributed by atoms with Crippen LogP contribution in [0.5, 0.6) is 5.75 Å². The van der Waals surface area contributed by atoms with E-state index in [0.717, 1.165) is 6.07 Å². The number of hydrogen-bond donors (Lipinski definition) is 1. The van der Waals surface area contributed by atoms with Crippen LogP contribution in [0.1, 0.15) is 5.56 Å². The second kappa shape index (κ2) is 5.22. The van der Waals surface area contributed by atoms with Gasteiger partial charge in [-0.3, -0.25) is 0 Å². The third-order valence-corrected chi connectivity index (χ3v) is 2.58. The maximum Gasteiger partial charge on any atom is 0.418 e. The van der Waals surface area contributed by atoms with Gasteiger partial charge in [-0.15, -0.1) is 0 Å². The van der Waals surface area contributed by atoms with Crippen LogP contribution in [-0.2, 0) is 6.18 Å². The molecule has 0 amide bonds. The summed E-state index contributed by atoms with van der Waals surface area (Å²) < 4.78 is 43.5. The van der Waals surface area contributed by atoms with Crippen molar-refractivity contribution in [2.45, 2.75) is 6.18 Å². The molecule has 100 valence electrons. The number of rotatable bonds is 3. The Balaban J connectivity index is 2.33. The van der Waals surface area contributed by atoms with Gasteiger partial charge >= 0.3 is 6.18 Å². The summed E-state index contributed by atoms with van der Waals surface area (Å²) in [7, 11) is 1.50. The number of benzene rings is 2. The number of methoxy groups -OCH3 is 1. The number of nitrogens with one attached hydrogen (secondary N) is 1. The predicted octanol–water partition coefficient (Wildman–Crippen LogP) is 4.46. The zero-order valence-corrected chi connectivity index (χ0v) is 10.2. The lowest BCUT2D eigenvalue weighted by atomic mass is 10.1. The minimum atomic E-state index is -4.39. The van der Waals surface area contributed by atoms with Crippen LogP contribution in [0.15, 0.2) is 48.5 Å². The highest BCUT2D eigenvalue weighted by Crippen LogP contribution is 2.36. The highest BCUT2D eigenvalue weighted by molar-refractivity contribution is 5.64. The van der Waals surface area contributed by atoms with E-state index < -0.39 is 11.7 Å². The monoisotopic (exact) mass is 267 g/mol. The molecule has 0 radical (unpaired) electrons. The van der Waals surface area contributed by atoms with Gasteiger partial charge in [0.15, 0.2) is 0 Å². The number of hydrogen-bond acceptors (Lipinski definition) is 2. The molecule has 0 aliphatic heterocycles. The summed E-state index contributed by atoms with van der Waals surface area (Å²) in [4.78, 5) is 0.